The van der Waals surface area contributed by atoms with Crippen LogP contribution in [0.3, 0.4) is 0 Å². The van der Waals surface area contributed by atoms with Crippen LogP contribution < -0.4 is 9.84 Å². The molecule has 1 N–H and O–H groups in total. The smallest absolute Gasteiger partial charge is 0.444 e. The molecule has 1 heterocycles. The van der Waals surface area contributed by atoms with Gasteiger partial charge < -0.3 is 14.6 Å². The maximum Gasteiger partial charge on any atom is 0.530 e. The molecule has 7 nitrogen and oxygen atoms in total. The van der Waals surface area contributed by atoms with Gasteiger partial charge in [0.2, 0.25) is 0 Å². The Labute approximate surface area is 228 Å². The number of rotatable bonds is 13. The zero-order chi connectivity index (χ0) is 27.5. The number of amides is 1. The number of carbonyl (C=O) groups is 1. The normalized spacial score (nSPS) is 21.6. The number of hydrogen-bond donors (Lipinski definition) is 1. The minimum absolute atomic E-state index is 0.0214. The fourth-order valence-electron chi connectivity index (χ4n) is 4.31. The van der Waals surface area contributed by atoms with E-state index < -0.39 is 25.1 Å². The number of hydrogen-bond acceptors (Lipinski definition) is 6. The van der Waals surface area contributed by atoms with Crippen molar-refractivity contribution in [1.82, 2.24) is 5.32 Å². The van der Waals surface area contributed by atoms with E-state index in [0.717, 1.165) is 12.0 Å². The Morgan fingerprint density at radius 2 is 1.47 bits per heavy atom. The minimum Gasteiger partial charge on any atom is -0.444 e. The van der Waals surface area contributed by atoms with E-state index in [9.17, 15) is 9.36 Å². The summed E-state index contributed by atoms with van der Waals surface area (Å²) in [4.78, 5) is 12.7. The summed E-state index contributed by atoms with van der Waals surface area (Å²) in [6.07, 6.45) is 9.46. The maximum absolute atomic E-state index is 13.1. The molecule has 0 aromatic heterocycles. The van der Waals surface area contributed by atoms with Gasteiger partial charge in [-0.1, -0.05) is 81.5 Å². The van der Waals surface area contributed by atoms with Crippen molar-refractivity contribution in [2.45, 2.75) is 96.6 Å². The third-order valence-corrected chi connectivity index (χ3v) is 7.78. The van der Waals surface area contributed by atoms with Crippen molar-refractivity contribution in [3.8, 4) is 5.75 Å². The molecule has 0 radical (unpaired) electrons. The van der Waals surface area contributed by atoms with Gasteiger partial charge in [0.25, 0.3) is 0 Å². The Morgan fingerprint density at radius 3 is 2.08 bits per heavy atom. The highest BCUT2D eigenvalue weighted by atomic mass is 31.2. The maximum atomic E-state index is 13.1. The van der Waals surface area contributed by atoms with Gasteiger partial charge in [-0.05, 0) is 69.7 Å². The van der Waals surface area contributed by atoms with E-state index >= 15 is 0 Å². The van der Waals surface area contributed by atoms with Crippen LogP contribution >= 0.6 is 7.82 Å². The van der Waals surface area contributed by atoms with E-state index in [1.165, 1.54) is 44.1 Å². The van der Waals surface area contributed by atoms with E-state index in [1.54, 1.807) is 24.3 Å². The van der Waals surface area contributed by atoms with E-state index in [-0.39, 0.29) is 13.2 Å². The summed E-state index contributed by atoms with van der Waals surface area (Å²) in [5.41, 5.74) is 0.928. The van der Waals surface area contributed by atoms with Crippen LogP contribution in [0, 0.1) is 0 Å². The number of unbranched alkanes of at least 4 members (excludes halogenated alkanes) is 5. The van der Waals surface area contributed by atoms with Crippen molar-refractivity contribution >= 4 is 13.9 Å². The third-order valence-electron chi connectivity index (χ3n) is 6.46. The molecular formula is C30H44NO6P. The van der Waals surface area contributed by atoms with Gasteiger partial charge in [-0.2, -0.15) is 0 Å². The Morgan fingerprint density at radius 1 is 0.895 bits per heavy atom. The van der Waals surface area contributed by atoms with Crippen molar-refractivity contribution in [3.05, 3.63) is 65.7 Å². The standard InChI is InChI=1S/C30H44NO6P/c1-5-6-7-8-9-11-14-25-17-19-26(20-18-25)21-22-30(31-28(32)36-29(2,3)4)23-34-38(33,35-24-30)37-27-15-12-10-13-16-27/h10,12-13,15-20H,5-9,11,14,21-24H2,1-4H3,(H,31,32). The van der Waals surface area contributed by atoms with Crippen molar-refractivity contribution in [2.75, 3.05) is 13.2 Å². The number of phosphoric ester groups is 1. The molecule has 0 atom stereocenters. The van der Waals surface area contributed by atoms with Crippen molar-refractivity contribution in [3.63, 3.8) is 0 Å². The third kappa shape index (κ3) is 10.4. The lowest BCUT2D eigenvalue weighted by Crippen LogP contribution is -2.58. The second-order valence-electron chi connectivity index (χ2n) is 11.1. The molecule has 0 saturated carbocycles. The lowest BCUT2D eigenvalue weighted by atomic mass is 9.92. The first-order valence-electron chi connectivity index (χ1n) is 13.8. The molecule has 1 aliphatic heterocycles. The molecule has 1 amide bonds. The minimum atomic E-state index is -3.81. The average Bonchev–Trinajstić information content (AvgIpc) is 2.87. The van der Waals surface area contributed by atoms with Gasteiger partial charge >= 0.3 is 13.9 Å². The first kappa shape index (κ1) is 30.2. The molecule has 3 rings (SSSR count). The molecule has 2 aromatic rings. The fourth-order valence-corrected chi connectivity index (χ4v) is 5.68. The zero-order valence-corrected chi connectivity index (χ0v) is 24.3. The first-order chi connectivity index (χ1) is 18.1. The summed E-state index contributed by atoms with van der Waals surface area (Å²) in [6, 6.07) is 17.4. The largest absolute Gasteiger partial charge is 0.530 e. The molecule has 0 aliphatic carbocycles. The highest BCUT2D eigenvalue weighted by molar-refractivity contribution is 7.49. The topological polar surface area (TPSA) is 83.1 Å². The van der Waals surface area contributed by atoms with Crippen molar-refractivity contribution < 1.29 is 27.7 Å². The monoisotopic (exact) mass is 545 g/mol. The predicted molar refractivity (Wildman–Crippen MR) is 151 cm³/mol. The molecule has 0 bridgehead atoms. The number of carbonyl (C=O) groups excluding carboxylic acids is 1. The first-order valence-corrected chi connectivity index (χ1v) is 15.3. The van der Waals surface area contributed by atoms with Gasteiger partial charge in [0.15, 0.2) is 0 Å². The highest BCUT2D eigenvalue weighted by Crippen LogP contribution is 2.53. The lowest BCUT2D eigenvalue weighted by molar-refractivity contribution is 0.00358. The van der Waals surface area contributed by atoms with Crippen molar-refractivity contribution in [2.24, 2.45) is 0 Å². The lowest BCUT2D eigenvalue weighted by Gasteiger charge is -2.39. The highest BCUT2D eigenvalue weighted by Gasteiger charge is 2.45. The SMILES string of the molecule is CCCCCCCCc1ccc(CCC2(NC(=O)OC(C)(C)C)COP(=O)(Oc3ccccc3)OC2)cc1. The van der Waals surface area contributed by atoms with E-state index in [0.29, 0.717) is 18.6 Å². The van der Waals surface area contributed by atoms with Gasteiger partial charge in [0, 0.05) is 0 Å². The summed E-state index contributed by atoms with van der Waals surface area (Å²) in [6.45, 7) is 7.62. The average molecular weight is 546 g/mol. The Kier molecular flexibility index (Phi) is 11.3. The van der Waals surface area contributed by atoms with E-state index in [2.05, 4.69) is 36.5 Å². The molecule has 2 aromatic carbocycles. The van der Waals surface area contributed by atoms with Crippen LogP contribution in [0.2, 0.25) is 0 Å². The number of benzene rings is 2. The molecule has 0 spiro atoms. The summed E-state index contributed by atoms with van der Waals surface area (Å²) >= 11 is 0. The Balaban J connectivity index is 1.59. The fraction of sp³-hybridized carbons (Fsp3) is 0.567. The van der Waals surface area contributed by atoms with Gasteiger partial charge in [0.05, 0.1) is 18.8 Å². The van der Waals surface area contributed by atoms with Crippen LogP contribution in [-0.4, -0.2) is 30.4 Å². The molecule has 1 aliphatic rings. The van der Waals surface area contributed by atoms with Crippen LogP contribution in [0.25, 0.3) is 0 Å². The number of aryl methyl sites for hydroxylation is 2. The van der Waals surface area contributed by atoms with Gasteiger partial charge in [-0.25, -0.2) is 9.36 Å². The molecule has 210 valence electrons. The number of phosphoric acid groups is 1. The van der Waals surface area contributed by atoms with E-state index in [1.807, 2.05) is 26.8 Å². The summed E-state index contributed by atoms with van der Waals surface area (Å²) in [7, 11) is -3.81. The molecule has 8 heteroatoms. The van der Waals surface area contributed by atoms with Crippen molar-refractivity contribution in [1.29, 1.82) is 0 Å². The molecule has 1 saturated heterocycles. The molecule has 0 unspecified atom stereocenters. The summed E-state index contributed by atoms with van der Waals surface area (Å²) in [5.74, 6) is 0.393. The molecule has 1 fully saturated rings. The number of para-hydroxylation sites is 1. The molecular weight excluding hydrogens is 501 g/mol. The zero-order valence-electron chi connectivity index (χ0n) is 23.4. The van der Waals surface area contributed by atoms with Crippen LogP contribution in [0.5, 0.6) is 5.75 Å². The Bertz CT molecular complexity index is 1020. The number of ether oxygens (including phenoxy) is 1. The number of alkyl carbamates (subject to hydrolysis) is 1. The summed E-state index contributed by atoms with van der Waals surface area (Å²) in [5, 5.41) is 2.93. The van der Waals surface area contributed by atoms with Gasteiger partial charge in [0.1, 0.15) is 11.4 Å². The second-order valence-corrected chi connectivity index (χ2v) is 12.7. The predicted octanol–water partition coefficient (Wildman–Crippen LogP) is 8.02. The quantitative estimate of drug-likeness (QED) is 0.203. The van der Waals surface area contributed by atoms with Gasteiger partial charge in [-0.3, -0.25) is 9.05 Å². The van der Waals surface area contributed by atoms with Crippen LogP contribution in [-0.2, 0) is 31.2 Å². The Hall–Kier alpha value is -2.34. The van der Waals surface area contributed by atoms with Gasteiger partial charge in [-0.15, -0.1) is 0 Å². The van der Waals surface area contributed by atoms with Crippen LogP contribution in [0.15, 0.2) is 54.6 Å². The van der Waals surface area contributed by atoms with Crippen LogP contribution in [0.4, 0.5) is 4.79 Å². The number of nitrogens with one attached hydrogen (secondary N) is 1. The van der Waals surface area contributed by atoms with E-state index in [4.69, 9.17) is 18.3 Å². The van der Waals surface area contributed by atoms with Crippen LogP contribution in [0.1, 0.15) is 83.8 Å². The summed E-state index contributed by atoms with van der Waals surface area (Å²) < 4.78 is 35.4. The second kappa shape index (κ2) is 14.2. The molecule has 38 heavy (non-hydrogen) atoms.